The molecule has 0 aromatic carbocycles. The highest BCUT2D eigenvalue weighted by Crippen LogP contribution is 2.35. The van der Waals surface area contributed by atoms with Crippen molar-refractivity contribution in [3.63, 3.8) is 0 Å². The molecule has 0 radical (unpaired) electrons. The summed E-state index contributed by atoms with van der Waals surface area (Å²) in [4.78, 5) is 4.29. The molecule has 2 nitrogen and oxygen atoms in total. The zero-order valence-corrected chi connectivity index (χ0v) is 10.8. The van der Waals surface area contributed by atoms with Gasteiger partial charge in [0.1, 0.15) is 0 Å². The van der Waals surface area contributed by atoms with Crippen LogP contribution in [0.15, 0.2) is 24.4 Å². The lowest BCUT2D eigenvalue weighted by atomic mass is 9.74. The van der Waals surface area contributed by atoms with Gasteiger partial charge in [0, 0.05) is 18.3 Å². The standard InChI is InChI=1S/C15H23NO/c1-11-7-12(2)9-13(8-11)15(17)10-14-5-3-4-6-16-14/h3-6,11-13,15,17H,7-10H2,1-2H3. The predicted octanol–water partition coefficient (Wildman–Crippen LogP) is 3.06. The molecule has 0 saturated heterocycles. The minimum atomic E-state index is -0.227. The van der Waals surface area contributed by atoms with Gasteiger partial charge in [0.2, 0.25) is 0 Å². The maximum Gasteiger partial charge on any atom is 0.0623 e. The molecule has 0 spiro atoms. The number of aliphatic hydroxyl groups excluding tert-OH is 1. The van der Waals surface area contributed by atoms with E-state index >= 15 is 0 Å². The van der Waals surface area contributed by atoms with E-state index in [-0.39, 0.29) is 6.10 Å². The first kappa shape index (κ1) is 12.6. The number of nitrogens with zero attached hydrogens (tertiary/aromatic N) is 1. The predicted molar refractivity (Wildman–Crippen MR) is 69.6 cm³/mol. The van der Waals surface area contributed by atoms with Crippen LogP contribution in [0.2, 0.25) is 0 Å². The topological polar surface area (TPSA) is 33.1 Å². The Morgan fingerprint density at radius 1 is 1.24 bits per heavy atom. The summed E-state index contributed by atoms with van der Waals surface area (Å²) < 4.78 is 0. The van der Waals surface area contributed by atoms with Crippen molar-refractivity contribution in [2.45, 2.75) is 45.6 Å². The maximum atomic E-state index is 10.3. The molecule has 3 unspecified atom stereocenters. The van der Waals surface area contributed by atoms with Crippen molar-refractivity contribution in [3.05, 3.63) is 30.1 Å². The average molecular weight is 233 g/mol. The molecule has 1 saturated carbocycles. The van der Waals surface area contributed by atoms with Crippen LogP contribution in [-0.2, 0) is 6.42 Å². The summed E-state index contributed by atoms with van der Waals surface area (Å²) in [5, 5.41) is 10.3. The van der Waals surface area contributed by atoms with Crippen LogP contribution < -0.4 is 0 Å². The van der Waals surface area contributed by atoms with Crippen LogP contribution in [-0.4, -0.2) is 16.2 Å². The zero-order chi connectivity index (χ0) is 12.3. The number of hydrogen-bond acceptors (Lipinski definition) is 2. The van der Waals surface area contributed by atoms with Crippen molar-refractivity contribution in [2.75, 3.05) is 0 Å². The largest absolute Gasteiger partial charge is 0.392 e. The van der Waals surface area contributed by atoms with Gasteiger partial charge in [-0.2, -0.15) is 0 Å². The van der Waals surface area contributed by atoms with Crippen molar-refractivity contribution in [1.82, 2.24) is 4.98 Å². The smallest absolute Gasteiger partial charge is 0.0623 e. The molecule has 2 rings (SSSR count). The molecule has 3 atom stereocenters. The molecule has 1 N–H and O–H groups in total. The van der Waals surface area contributed by atoms with Crippen molar-refractivity contribution in [1.29, 1.82) is 0 Å². The summed E-state index contributed by atoms with van der Waals surface area (Å²) in [6.45, 7) is 4.60. The van der Waals surface area contributed by atoms with E-state index in [9.17, 15) is 5.11 Å². The van der Waals surface area contributed by atoms with E-state index in [1.165, 1.54) is 19.3 Å². The molecule has 17 heavy (non-hydrogen) atoms. The Morgan fingerprint density at radius 2 is 1.94 bits per heavy atom. The summed E-state index contributed by atoms with van der Waals surface area (Å²) in [7, 11) is 0. The van der Waals surface area contributed by atoms with Gasteiger partial charge in [-0.15, -0.1) is 0 Å². The normalized spacial score (nSPS) is 31.1. The molecule has 1 aromatic heterocycles. The van der Waals surface area contributed by atoms with Gasteiger partial charge in [0.15, 0.2) is 0 Å². The van der Waals surface area contributed by atoms with Gasteiger partial charge in [0.25, 0.3) is 0 Å². The summed E-state index contributed by atoms with van der Waals surface area (Å²) in [5.74, 6) is 1.96. The lowest BCUT2D eigenvalue weighted by Gasteiger charge is -2.34. The number of hydrogen-bond donors (Lipinski definition) is 1. The highest BCUT2D eigenvalue weighted by Gasteiger charge is 2.29. The van der Waals surface area contributed by atoms with Crippen LogP contribution in [0.25, 0.3) is 0 Å². The molecule has 1 aromatic rings. The van der Waals surface area contributed by atoms with E-state index in [1.807, 2.05) is 18.2 Å². The van der Waals surface area contributed by atoms with Gasteiger partial charge in [-0.05, 0) is 49.1 Å². The van der Waals surface area contributed by atoms with Crippen molar-refractivity contribution in [3.8, 4) is 0 Å². The fraction of sp³-hybridized carbons (Fsp3) is 0.667. The number of rotatable bonds is 3. The lowest BCUT2D eigenvalue weighted by Crippen LogP contribution is -2.30. The Bertz CT molecular complexity index is 328. The molecule has 0 bridgehead atoms. The second kappa shape index (κ2) is 5.63. The molecule has 0 amide bonds. The van der Waals surface area contributed by atoms with Gasteiger partial charge < -0.3 is 5.11 Å². The first-order valence-corrected chi connectivity index (χ1v) is 6.73. The second-order valence-electron chi connectivity index (χ2n) is 5.77. The van der Waals surface area contributed by atoms with E-state index in [1.54, 1.807) is 6.20 Å². The Morgan fingerprint density at radius 3 is 2.53 bits per heavy atom. The van der Waals surface area contributed by atoms with Crippen LogP contribution in [0.4, 0.5) is 0 Å². The third-order valence-electron chi connectivity index (χ3n) is 3.90. The second-order valence-corrected chi connectivity index (χ2v) is 5.77. The van der Waals surface area contributed by atoms with Gasteiger partial charge in [-0.25, -0.2) is 0 Å². The SMILES string of the molecule is CC1CC(C)CC(C(O)Cc2ccccn2)C1. The van der Waals surface area contributed by atoms with E-state index in [0.29, 0.717) is 12.3 Å². The maximum absolute atomic E-state index is 10.3. The summed E-state index contributed by atoms with van der Waals surface area (Å²) in [5.41, 5.74) is 1.01. The highest BCUT2D eigenvalue weighted by atomic mass is 16.3. The van der Waals surface area contributed by atoms with E-state index in [2.05, 4.69) is 18.8 Å². The molecule has 94 valence electrons. The van der Waals surface area contributed by atoms with Crippen molar-refractivity contribution in [2.24, 2.45) is 17.8 Å². The fourth-order valence-electron chi connectivity index (χ4n) is 3.22. The molecule has 1 aliphatic carbocycles. The molecule has 1 aliphatic rings. The summed E-state index contributed by atoms with van der Waals surface area (Å²) in [6, 6.07) is 5.90. The molecule has 0 aliphatic heterocycles. The third kappa shape index (κ3) is 3.53. The van der Waals surface area contributed by atoms with Crippen molar-refractivity contribution >= 4 is 0 Å². The van der Waals surface area contributed by atoms with Crippen LogP contribution >= 0.6 is 0 Å². The number of aromatic nitrogens is 1. The van der Waals surface area contributed by atoms with Crippen molar-refractivity contribution < 1.29 is 5.11 Å². The Labute approximate surface area is 104 Å². The lowest BCUT2D eigenvalue weighted by molar-refractivity contribution is 0.0555. The Kier molecular flexibility index (Phi) is 4.16. The van der Waals surface area contributed by atoms with E-state index in [0.717, 1.165) is 17.5 Å². The minimum Gasteiger partial charge on any atom is -0.392 e. The number of pyridine rings is 1. The minimum absolute atomic E-state index is 0.227. The molecular weight excluding hydrogens is 210 g/mol. The molecule has 2 heteroatoms. The highest BCUT2D eigenvalue weighted by molar-refractivity contribution is 5.05. The van der Waals surface area contributed by atoms with Crippen LogP contribution in [0.5, 0.6) is 0 Å². The van der Waals surface area contributed by atoms with E-state index < -0.39 is 0 Å². The number of aliphatic hydroxyl groups is 1. The summed E-state index contributed by atoms with van der Waals surface area (Å²) in [6.07, 6.45) is 5.91. The Hall–Kier alpha value is -0.890. The monoisotopic (exact) mass is 233 g/mol. The average Bonchev–Trinajstić information content (AvgIpc) is 2.29. The van der Waals surface area contributed by atoms with Gasteiger partial charge in [0.05, 0.1) is 6.10 Å². The molecule has 1 heterocycles. The quantitative estimate of drug-likeness (QED) is 0.870. The molecular formula is C15H23NO. The molecule has 1 fully saturated rings. The fourth-order valence-corrected chi connectivity index (χ4v) is 3.22. The van der Waals surface area contributed by atoms with Crippen LogP contribution in [0.1, 0.15) is 38.8 Å². The van der Waals surface area contributed by atoms with E-state index in [4.69, 9.17) is 0 Å². The van der Waals surface area contributed by atoms with Crippen LogP contribution in [0.3, 0.4) is 0 Å². The summed E-state index contributed by atoms with van der Waals surface area (Å²) >= 11 is 0. The van der Waals surface area contributed by atoms with Crippen LogP contribution in [0, 0.1) is 17.8 Å². The van der Waals surface area contributed by atoms with Gasteiger partial charge in [-0.3, -0.25) is 4.98 Å². The first-order valence-electron chi connectivity index (χ1n) is 6.73. The first-order chi connectivity index (χ1) is 8.15. The van der Waals surface area contributed by atoms with Gasteiger partial charge in [-0.1, -0.05) is 19.9 Å². The Balaban J connectivity index is 1.93. The van der Waals surface area contributed by atoms with Gasteiger partial charge >= 0.3 is 0 Å². The third-order valence-corrected chi connectivity index (χ3v) is 3.90. The zero-order valence-electron chi connectivity index (χ0n) is 10.8.